The van der Waals surface area contributed by atoms with Crippen LogP contribution >= 0.6 is 11.6 Å². The lowest BCUT2D eigenvalue weighted by molar-refractivity contribution is 0.0690. The largest absolute Gasteiger partial charge is 0.495 e. The zero-order chi connectivity index (χ0) is 22.4. The van der Waals surface area contributed by atoms with Crippen LogP contribution in [-0.2, 0) is 6.54 Å². The normalized spacial score (nSPS) is 10.3. The van der Waals surface area contributed by atoms with Gasteiger partial charge in [0.05, 0.1) is 12.8 Å². The van der Waals surface area contributed by atoms with E-state index in [1.807, 2.05) is 13.0 Å². The van der Waals surface area contributed by atoms with Crippen LogP contribution < -0.4 is 20.1 Å². The molecule has 1 heterocycles. The number of methoxy groups -OCH3 is 1. The molecule has 0 aliphatic heterocycles. The van der Waals surface area contributed by atoms with Crippen molar-refractivity contribution >= 4 is 29.3 Å². The van der Waals surface area contributed by atoms with Gasteiger partial charge in [-0.05, 0) is 54.4 Å². The number of hydrogen-bond acceptors (Lipinski definition) is 5. The first-order valence-electron chi connectivity index (χ1n) is 9.21. The second-order valence-corrected chi connectivity index (χ2v) is 6.96. The minimum absolute atomic E-state index is 0.0996. The summed E-state index contributed by atoms with van der Waals surface area (Å²) in [5, 5.41) is 15.0. The summed E-state index contributed by atoms with van der Waals surface area (Å²) in [6, 6.07) is 12.8. The fraction of sp³-hybridized carbons (Fsp3) is 0.136. The number of aromatic carboxylic acids is 1. The molecule has 0 fully saturated rings. The highest BCUT2D eigenvalue weighted by atomic mass is 35.5. The Bertz CT molecular complexity index is 1120. The van der Waals surface area contributed by atoms with Crippen molar-refractivity contribution in [2.45, 2.75) is 13.5 Å². The van der Waals surface area contributed by atoms with E-state index in [4.69, 9.17) is 26.2 Å². The summed E-state index contributed by atoms with van der Waals surface area (Å²) in [4.78, 5) is 27.1. The van der Waals surface area contributed by atoms with Crippen molar-refractivity contribution in [2.75, 3.05) is 12.4 Å². The summed E-state index contributed by atoms with van der Waals surface area (Å²) in [6.45, 7) is 2.18. The number of pyridine rings is 1. The van der Waals surface area contributed by atoms with E-state index in [0.29, 0.717) is 34.5 Å². The number of benzene rings is 2. The van der Waals surface area contributed by atoms with Crippen LogP contribution in [0.3, 0.4) is 0 Å². The Kier molecular flexibility index (Phi) is 6.94. The maximum atomic E-state index is 12.3. The molecule has 160 valence electrons. The number of halogens is 1. The number of ether oxygens (including phenoxy) is 2. The molecule has 0 saturated carbocycles. The van der Waals surface area contributed by atoms with E-state index in [2.05, 4.69) is 15.6 Å². The van der Waals surface area contributed by atoms with Gasteiger partial charge in [0.2, 0.25) is 0 Å². The highest BCUT2D eigenvalue weighted by Gasteiger charge is 2.10. The maximum absolute atomic E-state index is 12.3. The number of carbonyl (C=O) groups excluding carboxylic acids is 1. The van der Waals surface area contributed by atoms with E-state index < -0.39 is 12.0 Å². The molecule has 0 spiro atoms. The number of amides is 2. The molecular weight excluding hydrogens is 422 g/mol. The second kappa shape index (κ2) is 9.82. The zero-order valence-corrected chi connectivity index (χ0v) is 17.6. The van der Waals surface area contributed by atoms with Gasteiger partial charge < -0.3 is 25.2 Å². The van der Waals surface area contributed by atoms with Crippen molar-refractivity contribution in [1.29, 1.82) is 0 Å². The van der Waals surface area contributed by atoms with Gasteiger partial charge in [-0.15, -0.1) is 0 Å². The molecule has 2 amide bonds. The molecule has 2 aromatic carbocycles. The summed E-state index contributed by atoms with van der Waals surface area (Å²) in [5.41, 5.74) is 2.15. The van der Waals surface area contributed by atoms with Crippen molar-refractivity contribution < 1.29 is 24.2 Å². The number of aromatic nitrogens is 1. The Hall–Kier alpha value is -3.78. The van der Waals surface area contributed by atoms with Crippen molar-refractivity contribution in [3.05, 3.63) is 76.6 Å². The average Bonchev–Trinajstić information content (AvgIpc) is 2.73. The molecule has 3 N–H and O–H groups in total. The number of aryl methyl sites for hydroxylation is 1. The Labute approximate surface area is 183 Å². The Morgan fingerprint density at radius 2 is 1.87 bits per heavy atom. The summed E-state index contributed by atoms with van der Waals surface area (Å²) < 4.78 is 10.9. The molecule has 31 heavy (non-hydrogen) atoms. The summed E-state index contributed by atoms with van der Waals surface area (Å²) in [5.74, 6) is 0.278. The Balaban J connectivity index is 1.62. The fourth-order valence-electron chi connectivity index (χ4n) is 2.78. The number of nitrogens with one attached hydrogen (secondary N) is 2. The van der Waals surface area contributed by atoms with Crippen LogP contribution in [0.25, 0.3) is 0 Å². The molecule has 0 radical (unpaired) electrons. The van der Waals surface area contributed by atoms with Crippen LogP contribution in [0, 0.1) is 6.92 Å². The highest BCUT2D eigenvalue weighted by molar-refractivity contribution is 6.31. The highest BCUT2D eigenvalue weighted by Crippen LogP contribution is 2.28. The van der Waals surface area contributed by atoms with Gasteiger partial charge in [0, 0.05) is 23.8 Å². The maximum Gasteiger partial charge on any atom is 0.354 e. The SMILES string of the molecule is COc1ccc(Cl)cc1NC(=O)NCc1ccc(Oc2ccnc(C(=O)O)c2)cc1C. The molecule has 0 aliphatic carbocycles. The molecule has 1 aromatic heterocycles. The van der Waals surface area contributed by atoms with Crippen LogP contribution in [-0.4, -0.2) is 29.2 Å². The molecule has 8 nitrogen and oxygen atoms in total. The van der Waals surface area contributed by atoms with Crippen LogP contribution in [0.5, 0.6) is 17.2 Å². The number of carboxylic acid groups (broad SMARTS) is 1. The van der Waals surface area contributed by atoms with Gasteiger partial charge in [-0.25, -0.2) is 14.6 Å². The fourth-order valence-corrected chi connectivity index (χ4v) is 2.95. The third-order valence-electron chi connectivity index (χ3n) is 4.35. The Morgan fingerprint density at radius 3 is 2.58 bits per heavy atom. The van der Waals surface area contributed by atoms with Crippen LogP contribution in [0.2, 0.25) is 5.02 Å². The lowest BCUT2D eigenvalue weighted by Gasteiger charge is -2.13. The van der Waals surface area contributed by atoms with Crippen LogP contribution in [0.15, 0.2) is 54.7 Å². The van der Waals surface area contributed by atoms with Crippen LogP contribution in [0.4, 0.5) is 10.5 Å². The summed E-state index contributed by atoms with van der Waals surface area (Å²) >= 11 is 5.98. The number of hydrogen-bond donors (Lipinski definition) is 3. The summed E-state index contributed by atoms with van der Waals surface area (Å²) in [6.07, 6.45) is 1.37. The van der Waals surface area contributed by atoms with E-state index in [0.717, 1.165) is 11.1 Å². The number of carbonyl (C=O) groups is 2. The zero-order valence-electron chi connectivity index (χ0n) is 16.8. The lowest BCUT2D eigenvalue weighted by Crippen LogP contribution is -2.28. The van der Waals surface area contributed by atoms with Gasteiger partial charge in [0.15, 0.2) is 5.69 Å². The first-order chi connectivity index (χ1) is 14.9. The molecule has 3 aromatic rings. The number of rotatable bonds is 7. The molecule has 0 bridgehead atoms. The number of anilines is 1. The average molecular weight is 442 g/mol. The standard InChI is InChI=1S/C22H20ClN3O5/c1-13-9-16(31-17-7-8-24-19(11-17)21(27)28)5-3-14(13)12-25-22(29)26-18-10-15(23)4-6-20(18)30-2/h3-11H,12H2,1-2H3,(H,27,28)(H2,25,26,29). The van der Waals surface area contributed by atoms with E-state index in [9.17, 15) is 9.59 Å². The van der Waals surface area contributed by atoms with E-state index in [1.54, 1.807) is 36.4 Å². The quantitative estimate of drug-likeness (QED) is 0.482. The minimum Gasteiger partial charge on any atom is -0.495 e. The van der Waals surface area contributed by atoms with Gasteiger partial charge >= 0.3 is 12.0 Å². The monoisotopic (exact) mass is 441 g/mol. The number of carboxylic acids is 1. The first kappa shape index (κ1) is 21.9. The lowest BCUT2D eigenvalue weighted by atomic mass is 10.1. The van der Waals surface area contributed by atoms with Crippen molar-refractivity contribution in [1.82, 2.24) is 10.3 Å². The van der Waals surface area contributed by atoms with E-state index in [-0.39, 0.29) is 5.69 Å². The number of nitrogens with zero attached hydrogens (tertiary/aromatic N) is 1. The third kappa shape index (κ3) is 5.86. The molecule has 0 saturated heterocycles. The van der Waals surface area contributed by atoms with Gasteiger partial charge in [-0.3, -0.25) is 0 Å². The second-order valence-electron chi connectivity index (χ2n) is 6.52. The third-order valence-corrected chi connectivity index (χ3v) is 4.58. The topological polar surface area (TPSA) is 110 Å². The first-order valence-corrected chi connectivity index (χ1v) is 9.58. The minimum atomic E-state index is -1.13. The molecule has 0 unspecified atom stereocenters. The van der Waals surface area contributed by atoms with Crippen molar-refractivity contribution in [2.24, 2.45) is 0 Å². The molecular formula is C22H20ClN3O5. The molecule has 3 rings (SSSR count). The molecule has 0 atom stereocenters. The predicted molar refractivity (Wildman–Crippen MR) is 116 cm³/mol. The van der Waals surface area contributed by atoms with Gasteiger partial charge in [0.1, 0.15) is 17.2 Å². The van der Waals surface area contributed by atoms with Crippen molar-refractivity contribution in [3.63, 3.8) is 0 Å². The van der Waals surface area contributed by atoms with E-state index >= 15 is 0 Å². The predicted octanol–water partition coefficient (Wildman–Crippen LogP) is 4.86. The molecule has 0 aliphatic rings. The Morgan fingerprint density at radius 1 is 1.10 bits per heavy atom. The summed E-state index contributed by atoms with van der Waals surface area (Å²) in [7, 11) is 1.51. The van der Waals surface area contributed by atoms with Crippen LogP contribution in [0.1, 0.15) is 21.6 Å². The smallest absolute Gasteiger partial charge is 0.354 e. The van der Waals surface area contributed by atoms with Gasteiger partial charge in [0.25, 0.3) is 0 Å². The van der Waals surface area contributed by atoms with E-state index in [1.165, 1.54) is 19.4 Å². The van der Waals surface area contributed by atoms with Gasteiger partial charge in [-0.2, -0.15) is 0 Å². The number of urea groups is 1. The van der Waals surface area contributed by atoms with Gasteiger partial charge in [-0.1, -0.05) is 17.7 Å². The van der Waals surface area contributed by atoms with Crippen molar-refractivity contribution in [3.8, 4) is 17.2 Å². The molecule has 9 heteroatoms.